The van der Waals surface area contributed by atoms with Crippen LogP contribution in [0.15, 0.2) is 24.3 Å². The first-order valence-electron chi connectivity index (χ1n) is 8.15. The lowest BCUT2D eigenvalue weighted by atomic mass is 10.0. The van der Waals surface area contributed by atoms with Gasteiger partial charge in [-0.3, -0.25) is 4.90 Å². The van der Waals surface area contributed by atoms with Crippen LogP contribution in [0.2, 0.25) is 0 Å². The molecule has 29 heavy (non-hydrogen) atoms. The van der Waals surface area contributed by atoms with Crippen molar-refractivity contribution in [1.82, 2.24) is 14.7 Å². The summed E-state index contributed by atoms with van der Waals surface area (Å²) in [6.45, 7) is 1.50. The Balaban J connectivity index is 2.21. The number of nitrogens with one attached hydrogen (secondary N) is 1. The summed E-state index contributed by atoms with van der Waals surface area (Å²) >= 11 is 0. The smallest absolute Gasteiger partial charge is 0.337 e. The molecule has 0 atom stereocenters. The Morgan fingerprint density at radius 2 is 1.76 bits per heavy atom. The van der Waals surface area contributed by atoms with Gasteiger partial charge < -0.3 is 14.6 Å². The molecule has 156 valence electrons. The predicted molar refractivity (Wildman–Crippen MR) is 103 cm³/mol. The fourth-order valence-electron chi connectivity index (χ4n) is 2.36. The van der Waals surface area contributed by atoms with Crippen molar-refractivity contribution in [3.05, 3.63) is 41.0 Å². The van der Waals surface area contributed by atoms with Crippen molar-refractivity contribution < 1.29 is 32.6 Å². The van der Waals surface area contributed by atoms with Crippen LogP contribution < -0.4 is 19.1 Å². The van der Waals surface area contributed by atoms with E-state index in [0.717, 1.165) is 4.90 Å². The van der Waals surface area contributed by atoms with Crippen LogP contribution >= 0.6 is 0 Å². The minimum absolute atomic E-state index is 0.0157. The van der Waals surface area contributed by atoms with Gasteiger partial charge in [0.05, 0.1) is 31.6 Å². The number of carbonyl (C=O) groups is 2. The predicted octanol–water partition coefficient (Wildman–Crippen LogP) is 1.18. The van der Waals surface area contributed by atoms with E-state index < -0.39 is 27.8 Å². The molecular formula is C17H20N4O7S. The number of sulfonamides is 1. The lowest BCUT2D eigenvalue weighted by molar-refractivity contribution is 0.0696. The molecule has 1 aromatic carbocycles. The number of aromatic carboxylic acids is 1. The number of hydrogen-bond acceptors (Lipinski definition) is 8. The van der Waals surface area contributed by atoms with Crippen molar-refractivity contribution in [3.8, 4) is 11.8 Å². The first-order chi connectivity index (χ1) is 13.6. The van der Waals surface area contributed by atoms with Crippen LogP contribution in [-0.4, -0.2) is 56.8 Å². The van der Waals surface area contributed by atoms with Gasteiger partial charge in [0.2, 0.25) is 27.7 Å². The van der Waals surface area contributed by atoms with E-state index in [1.54, 1.807) is 0 Å². The third-order valence-electron chi connectivity index (χ3n) is 3.95. The van der Waals surface area contributed by atoms with Crippen LogP contribution in [-0.2, 0) is 15.8 Å². The standard InChI is InChI=1S/C17H20N4O7S/c1-10-11(6-5-7-12(10)15(22)23)9-29(25,26)20-17(24)21(2)16-18-13(27-3)8-14(19-16)28-4/h5-8H,9H2,1-4H3,(H,20,24)(H,22,23). The first kappa shape index (κ1) is 21.9. The van der Waals surface area contributed by atoms with Crippen molar-refractivity contribution in [1.29, 1.82) is 0 Å². The van der Waals surface area contributed by atoms with Gasteiger partial charge in [-0.15, -0.1) is 0 Å². The molecule has 2 rings (SSSR count). The van der Waals surface area contributed by atoms with E-state index in [4.69, 9.17) is 14.6 Å². The van der Waals surface area contributed by atoms with E-state index in [0.29, 0.717) is 5.56 Å². The summed E-state index contributed by atoms with van der Waals surface area (Å²) in [7, 11) is -0.133. The molecule has 0 spiro atoms. The zero-order valence-corrected chi connectivity index (χ0v) is 17.0. The minimum atomic E-state index is -4.14. The number of carboxylic acids is 1. The number of hydrogen-bond donors (Lipinski definition) is 2. The maximum Gasteiger partial charge on any atom is 0.337 e. The molecule has 0 unspecified atom stereocenters. The van der Waals surface area contributed by atoms with Gasteiger partial charge in [-0.1, -0.05) is 12.1 Å². The number of amides is 2. The zero-order chi connectivity index (χ0) is 21.8. The molecule has 0 saturated carbocycles. The zero-order valence-electron chi connectivity index (χ0n) is 16.2. The van der Waals surface area contributed by atoms with Crippen molar-refractivity contribution in [2.45, 2.75) is 12.7 Å². The van der Waals surface area contributed by atoms with E-state index in [-0.39, 0.29) is 28.8 Å². The molecule has 2 N–H and O–H groups in total. The number of carboxylic acid groups (broad SMARTS) is 1. The van der Waals surface area contributed by atoms with Gasteiger partial charge in [-0.2, -0.15) is 9.97 Å². The van der Waals surface area contributed by atoms with Gasteiger partial charge in [0.15, 0.2) is 0 Å². The highest BCUT2D eigenvalue weighted by Gasteiger charge is 2.23. The maximum atomic E-state index is 12.4. The number of nitrogens with zero attached hydrogens (tertiary/aromatic N) is 3. The second kappa shape index (κ2) is 8.73. The fraction of sp³-hybridized carbons (Fsp3) is 0.294. The number of urea groups is 1. The highest BCUT2D eigenvalue weighted by molar-refractivity contribution is 7.89. The molecule has 0 aliphatic carbocycles. The largest absolute Gasteiger partial charge is 0.481 e. The molecule has 1 aromatic heterocycles. The van der Waals surface area contributed by atoms with Gasteiger partial charge in [-0.05, 0) is 24.1 Å². The Morgan fingerprint density at radius 1 is 1.17 bits per heavy atom. The highest BCUT2D eigenvalue weighted by Crippen LogP contribution is 2.20. The quantitative estimate of drug-likeness (QED) is 0.668. The van der Waals surface area contributed by atoms with E-state index in [1.165, 1.54) is 52.5 Å². The van der Waals surface area contributed by atoms with Crippen molar-refractivity contribution in [2.75, 3.05) is 26.2 Å². The van der Waals surface area contributed by atoms with Gasteiger partial charge in [0.25, 0.3) is 0 Å². The summed E-state index contributed by atoms with van der Waals surface area (Å²) in [5.41, 5.74) is 0.539. The first-order valence-corrected chi connectivity index (χ1v) is 9.80. The average Bonchev–Trinajstić information content (AvgIpc) is 2.67. The Morgan fingerprint density at radius 3 is 2.28 bits per heavy atom. The monoisotopic (exact) mass is 424 g/mol. The summed E-state index contributed by atoms with van der Waals surface area (Å²) in [6, 6.07) is 4.67. The molecule has 12 heteroatoms. The number of benzene rings is 1. The number of carbonyl (C=O) groups excluding carboxylic acids is 1. The Bertz CT molecular complexity index is 1020. The maximum absolute atomic E-state index is 12.4. The molecule has 0 bridgehead atoms. The number of aromatic nitrogens is 2. The molecule has 1 heterocycles. The molecule has 0 fully saturated rings. The Labute approximate surface area is 167 Å². The van der Waals surface area contributed by atoms with Crippen molar-refractivity contribution in [2.24, 2.45) is 0 Å². The SMILES string of the molecule is COc1cc(OC)nc(N(C)C(=O)NS(=O)(=O)Cc2cccc(C(=O)O)c2C)n1. The average molecular weight is 424 g/mol. The summed E-state index contributed by atoms with van der Waals surface area (Å²) in [4.78, 5) is 32.4. The number of rotatable bonds is 7. The molecule has 2 amide bonds. The van der Waals surface area contributed by atoms with Gasteiger partial charge in [0.1, 0.15) is 0 Å². The van der Waals surface area contributed by atoms with Gasteiger partial charge in [-0.25, -0.2) is 22.7 Å². The molecule has 0 aliphatic heterocycles. The lowest BCUT2D eigenvalue weighted by Crippen LogP contribution is -2.42. The highest BCUT2D eigenvalue weighted by atomic mass is 32.2. The molecule has 0 aliphatic rings. The van der Waals surface area contributed by atoms with E-state index in [1.807, 2.05) is 4.72 Å². The second-order valence-corrected chi connectivity index (χ2v) is 7.60. The molecule has 0 saturated heterocycles. The molecule has 0 radical (unpaired) electrons. The van der Waals surface area contributed by atoms with Crippen LogP contribution in [0.5, 0.6) is 11.8 Å². The third kappa shape index (κ3) is 5.31. The van der Waals surface area contributed by atoms with Crippen LogP contribution in [0.25, 0.3) is 0 Å². The fourth-order valence-corrected chi connectivity index (χ4v) is 3.55. The van der Waals surface area contributed by atoms with E-state index in [2.05, 4.69) is 9.97 Å². The van der Waals surface area contributed by atoms with E-state index >= 15 is 0 Å². The summed E-state index contributed by atoms with van der Waals surface area (Å²) < 4.78 is 36.8. The van der Waals surface area contributed by atoms with Crippen molar-refractivity contribution >= 4 is 28.0 Å². The number of ether oxygens (including phenoxy) is 2. The number of methoxy groups -OCH3 is 2. The molecular weight excluding hydrogens is 404 g/mol. The summed E-state index contributed by atoms with van der Waals surface area (Å²) in [6.07, 6.45) is 0. The van der Waals surface area contributed by atoms with Gasteiger partial charge in [0, 0.05) is 7.05 Å². The topological polar surface area (TPSA) is 148 Å². The third-order valence-corrected chi connectivity index (χ3v) is 5.13. The number of anilines is 1. The normalized spacial score (nSPS) is 10.9. The van der Waals surface area contributed by atoms with Crippen LogP contribution in [0.1, 0.15) is 21.5 Å². The summed E-state index contributed by atoms with van der Waals surface area (Å²) in [5, 5.41) is 9.16. The van der Waals surface area contributed by atoms with Crippen LogP contribution in [0.4, 0.5) is 10.7 Å². The minimum Gasteiger partial charge on any atom is -0.481 e. The molecule has 11 nitrogen and oxygen atoms in total. The van der Waals surface area contributed by atoms with Crippen LogP contribution in [0.3, 0.4) is 0 Å². The van der Waals surface area contributed by atoms with Gasteiger partial charge >= 0.3 is 12.0 Å². The van der Waals surface area contributed by atoms with Crippen LogP contribution in [0, 0.1) is 6.92 Å². The van der Waals surface area contributed by atoms with E-state index in [9.17, 15) is 18.0 Å². The van der Waals surface area contributed by atoms with Crippen molar-refractivity contribution in [3.63, 3.8) is 0 Å². The Kier molecular flexibility index (Phi) is 6.59. The lowest BCUT2D eigenvalue weighted by Gasteiger charge is -2.17. The Hall–Kier alpha value is -3.41. The molecule has 2 aromatic rings. The summed E-state index contributed by atoms with van der Waals surface area (Å²) in [5.74, 6) is -1.65. The second-order valence-electron chi connectivity index (χ2n) is 5.87.